The molecule has 0 saturated heterocycles. The lowest BCUT2D eigenvalue weighted by atomic mass is 10.2. The molecule has 1 heterocycles. The summed E-state index contributed by atoms with van der Waals surface area (Å²) in [5.41, 5.74) is 0.208. The second kappa shape index (κ2) is 8.30. The number of amides is 1. The smallest absolute Gasteiger partial charge is 0.263 e. The molecular weight excluding hydrogens is 423 g/mol. The molecular formula is C16H9Cl2F2N3OS2. The van der Waals surface area contributed by atoms with Gasteiger partial charge in [0.25, 0.3) is 5.91 Å². The highest BCUT2D eigenvalue weighted by molar-refractivity contribution is 8.00. The van der Waals surface area contributed by atoms with Gasteiger partial charge in [0.15, 0.2) is 4.34 Å². The molecule has 3 rings (SSSR count). The summed E-state index contributed by atoms with van der Waals surface area (Å²) in [7, 11) is 0. The first kappa shape index (κ1) is 19.0. The normalized spacial score (nSPS) is 10.8. The van der Waals surface area contributed by atoms with Crippen LogP contribution in [0.15, 0.2) is 40.7 Å². The summed E-state index contributed by atoms with van der Waals surface area (Å²) in [5.74, 6) is -2.28. The number of halogens is 4. The Morgan fingerprint density at radius 2 is 1.88 bits per heavy atom. The van der Waals surface area contributed by atoms with E-state index in [9.17, 15) is 13.6 Å². The number of carbonyl (C=O) groups is 1. The predicted molar refractivity (Wildman–Crippen MR) is 100 cm³/mol. The molecule has 3 aromatic rings. The van der Waals surface area contributed by atoms with E-state index in [2.05, 4.69) is 15.5 Å². The summed E-state index contributed by atoms with van der Waals surface area (Å²) in [5, 5.41) is 11.3. The molecule has 0 spiro atoms. The predicted octanol–water partition coefficient (Wildman–Crippen LogP) is 5.67. The van der Waals surface area contributed by atoms with Crippen molar-refractivity contribution in [2.75, 3.05) is 5.32 Å². The third-order valence-corrected chi connectivity index (χ3v) is 5.79. The molecule has 0 radical (unpaired) electrons. The lowest BCUT2D eigenvalue weighted by Gasteiger charge is -2.03. The van der Waals surface area contributed by atoms with E-state index in [1.54, 1.807) is 12.1 Å². The van der Waals surface area contributed by atoms with Crippen LogP contribution in [0.3, 0.4) is 0 Å². The molecule has 26 heavy (non-hydrogen) atoms. The van der Waals surface area contributed by atoms with E-state index in [1.807, 2.05) is 6.07 Å². The van der Waals surface area contributed by atoms with Gasteiger partial charge in [0.2, 0.25) is 5.13 Å². The first-order valence-electron chi connectivity index (χ1n) is 7.09. The Bertz CT molecular complexity index is 948. The minimum absolute atomic E-state index is 0.141. The summed E-state index contributed by atoms with van der Waals surface area (Å²) in [4.78, 5) is 12.0. The Balaban J connectivity index is 1.65. The van der Waals surface area contributed by atoms with E-state index in [1.165, 1.54) is 17.8 Å². The largest absolute Gasteiger partial charge is 0.296 e. The SMILES string of the molecule is O=C(Nc1nnc(SCc2ccc(Cl)cc2Cl)s1)c1c(F)cccc1F. The first-order chi connectivity index (χ1) is 12.4. The van der Waals surface area contributed by atoms with Crippen molar-refractivity contribution in [3.63, 3.8) is 0 Å². The summed E-state index contributed by atoms with van der Waals surface area (Å²) in [6, 6.07) is 8.39. The fourth-order valence-electron chi connectivity index (χ4n) is 1.97. The highest BCUT2D eigenvalue weighted by Gasteiger charge is 2.18. The van der Waals surface area contributed by atoms with Crippen LogP contribution in [-0.2, 0) is 5.75 Å². The van der Waals surface area contributed by atoms with Crippen LogP contribution in [0.1, 0.15) is 15.9 Å². The third-order valence-electron chi connectivity index (χ3n) is 3.18. The Kier molecular flexibility index (Phi) is 6.08. The molecule has 4 nitrogen and oxygen atoms in total. The van der Waals surface area contributed by atoms with Gasteiger partial charge in [0.05, 0.1) is 0 Å². The average Bonchev–Trinajstić information content (AvgIpc) is 3.01. The molecule has 0 aliphatic rings. The minimum Gasteiger partial charge on any atom is -0.296 e. The standard InChI is InChI=1S/C16H9Cl2F2N3OS2/c17-9-5-4-8(10(18)6-9)7-25-16-23-22-15(26-16)21-14(24)13-11(19)2-1-3-12(13)20/h1-6H,7H2,(H,21,22,24). The van der Waals surface area contributed by atoms with Gasteiger partial charge in [-0.05, 0) is 29.8 Å². The number of nitrogens with zero attached hydrogens (tertiary/aromatic N) is 2. The van der Waals surface area contributed by atoms with Crippen LogP contribution in [0.4, 0.5) is 13.9 Å². The zero-order valence-corrected chi connectivity index (χ0v) is 15.9. The van der Waals surface area contributed by atoms with Crippen LogP contribution in [0.5, 0.6) is 0 Å². The molecule has 10 heteroatoms. The molecule has 0 atom stereocenters. The highest BCUT2D eigenvalue weighted by Crippen LogP contribution is 2.31. The van der Waals surface area contributed by atoms with E-state index >= 15 is 0 Å². The molecule has 2 aromatic carbocycles. The highest BCUT2D eigenvalue weighted by atomic mass is 35.5. The van der Waals surface area contributed by atoms with Crippen molar-refractivity contribution in [3.8, 4) is 0 Å². The van der Waals surface area contributed by atoms with E-state index in [4.69, 9.17) is 23.2 Å². The minimum atomic E-state index is -0.945. The monoisotopic (exact) mass is 431 g/mol. The number of hydrogen-bond donors (Lipinski definition) is 1. The molecule has 0 aliphatic heterocycles. The van der Waals surface area contributed by atoms with Crippen LogP contribution >= 0.6 is 46.3 Å². The number of hydrogen-bond acceptors (Lipinski definition) is 5. The van der Waals surface area contributed by atoms with Crippen LogP contribution in [-0.4, -0.2) is 16.1 Å². The van der Waals surface area contributed by atoms with Gasteiger partial charge in [-0.3, -0.25) is 10.1 Å². The molecule has 0 unspecified atom stereocenters. The van der Waals surface area contributed by atoms with Crippen LogP contribution in [0.2, 0.25) is 10.0 Å². The molecule has 0 fully saturated rings. The van der Waals surface area contributed by atoms with Gasteiger partial charge in [-0.2, -0.15) is 0 Å². The zero-order valence-electron chi connectivity index (χ0n) is 12.8. The van der Waals surface area contributed by atoms with Crippen LogP contribution < -0.4 is 5.32 Å². The molecule has 0 aliphatic carbocycles. The second-order valence-corrected chi connectivity index (χ2v) is 7.99. The molecule has 134 valence electrons. The molecule has 1 aromatic heterocycles. The van der Waals surface area contributed by atoms with Crippen molar-refractivity contribution < 1.29 is 13.6 Å². The number of aromatic nitrogens is 2. The fourth-order valence-corrected chi connectivity index (χ4v) is 4.28. The molecule has 1 amide bonds. The summed E-state index contributed by atoms with van der Waals surface area (Å²) < 4.78 is 27.8. The second-order valence-electron chi connectivity index (χ2n) is 4.95. The summed E-state index contributed by atoms with van der Waals surface area (Å²) >= 11 is 14.4. The van der Waals surface area contributed by atoms with Gasteiger partial charge in [-0.15, -0.1) is 10.2 Å². The summed E-state index contributed by atoms with van der Waals surface area (Å²) in [6.07, 6.45) is 0. The average molecular weight is 432 g/mol. The maximum absolute atomic E-state index is 13.6. The zero-order chi connectivity index (χ0) is 18.7. The molecule has 0 saturated carbocycles. The van der Waals surface area contributed by atoms with Crippen molar-refractivity contribution in [2.24, 2.45) is 0 Å². The van der Waals surface area contributed by atoms with Crippen molar-refractivity contribution in [2.45, 2.75) is 10.1 Å². The van der Waals surface area contributed by atoms with Gasteiger partial charge < -0.3 is 0 Å². The van der Waals surface area contributed by atoms with Crippen molar-refractivity contribution in [3.05, 3.63) is 69.2 Å². The first-order valence-corrected chi connectivity index (χ1v) is 9.65. The lowest BCUT2D eigenvalue weighted by molar-refractivity contribution is 0.101. The number of anilines is 1. The fraction of sp³-hybridized carbons (Fsp3) is 0.0625. The van der Waals surface area contributed by atoms with E-state index < -0.39 is 23.1 Å². The van der Waals surface area contributed by atoms with Crippen molar-refractivity contribution in [1.29, 1.82) is 0 Å². The number of carbonyl (C=O) groups excluding carboxylic acids is 1. The third kappa shape index (κ3) is 4.50. The number of benzene rings is 2. The maximum atomic E-state index is 13.6. The van der Waals surface area contributed by atoms with Gasteiger partial charge in [-0.1, -0.05) is 58.4 Å². The molecule has 1 N–H and O–H groups in total. The van der Waals surface area contributed by atoms with E-state index in [-0.39, 0.29) is 5.13 Å². The van der Waals surface area contributed by atoms with Gasteiger partial charge in [0, 0.05) is 15.8 Å². The van der Waals surface area contributed by atoms with Gasteiger partial charge >= 0.3 is 0 Å². The van der Waals surface area contributed by atoms with E-state index in [0.717, 1.165) is 29.0 Å². The van der Waals surface area contributed by atoms with E-state index in [0.29, 0.717) is 20.1 Å². The Labute approximate surface area is 165 Å². The Hall–Kier alpha value is -1.74. The Morgan fingerprint density at radius 1 is 1.15 bits per heavy atom. The topological polar surface area (TPSA) is 54.9 Å². The van der Waals surface area contributed by atoms with Gasteiger partial charge in [0.1, 0.15) is 17.2 Å². The molecule has 0 bridgehead atoms. The lowest BCUT2D eigenvalue weighted by Crippen LogP contribution is -2.15. The Morgan fingerprint density at radius 3 is 2.58 bits per heavy atom. The van der Waals surface area contributed by atoms with Crippen LogP contribution in [0.25, 0.3) is 0 Å². The van der Waals surface area contributed by atoms with Crippen molar-refractivity contribution >= 4 is 57.3 Å². The van der Waals surface area contributed by atoms with Crippen LogP contribution in [0, 0.1) is 11.6 Å². The number of thioether (sulfide) groups is 1. The number of rotatable bonds is 5. The summed E-state index contributed by atoms with van der Waals surface area (Å²) in [6.45, 7) is 0. The quantitative estimate of drug-likeness (QED) is 0.417. The van der Waals surface area contributed by atoms with Gasteiger partial charge in [-0.25, -0.2) is 8.78 Å². The maximum Gasteiger partial charge on any atom is 0.263 e. The van der Waals surface area contributed by atoms with Crippen molar-refractivity contribution in [1.82, 2.24) is 10.2 Å². The number of nitrogens with one attached hydrogen (secondary N) is 1.